The van der Waals surface area contributed by atoms with E-state index in [4.69, 9.17) is 0 Å². The first-order valence-electron chi connectivity index (χ1n) is 7.85. The summed E-state index contributed by atoms with van der Waals surface area (Å²) in [5, 5.41) is 13.6. The molecule has 1 aromatic carbocycles. The van der Waals surface area contributed by atoms with Crippen LogP contribution >= 0.6 is 0 Å². The van der Waals surface area contributed by atoms with Crippen molar-refractivity contribution in [3.05, 3.63) is 35.9 Å². The molecule has 0 saturated carbocycles. The molecule has 6 nitrogen and oxygen atoms in total. The molecular formula is C16H22N2O4S. The number of β-amino-alcohol motifs (C(OH)–C–C–N with tert-alkyl or cyclic N) is 1. The van der Waals surface area contributed by atoms with Gasteiger partial charge in [-0.2, -0.15) is 0 Å². The fourth-order valence-corrected chi connectivity index (χ4v) is 4.90. The molecule has 1 unspecified atom stereocenters. The molecule has 2 aliphatic heterocycles. The predicted octanol–water partition coefficient (Wildman–Crippen LogP) is 0.0992. The Balaban J connectivity index is 1.76. The lowest BCUT2D eigenvalue weighted by atomic mass is 9.93. The van der Waals surface area contributed by atoms with Gasteiger partial charge >= 0.3 is 0 Å². The zero-order valence-electron chi connectivity index (χ0n) is 12.9. The van der Waals surface area contributed by atoms with Crippen molar-refractivity contribution in [2.45, 2.75) is 24.5 Å². The Morgan fingerprint density at radius 3 is 2.52 bits per heavy atom. The number of sulfone groups is 1. The van der Waals surface area contributed by atoms with Crippen molar-refractivity contribution < 1.29 is 18.3 Å². The van der Waals surface area contributed by atoms with Crippen molar-refractivity contribution in [3.8, 4) is 0 Å². The Labute approximate surface area is 136 Å². The molecule has 2 N–H and O–H groups in total. The molecule has 2 fully saturated rings. The first-order chi connectivity index (χ1) is 10.9. The van der Waals surface area contributed by atoms with Crippen LogP contribution in [0.3, 0.4) is 0 Å². The van der Waals surface area contributed by atoms with Crippen LogP contribution in [0.1, 0.15) is 24.4 Å². The van der Waals surface area contributed by atoms with Gasteiger partial charge in [-0.25, -0.2) is 8.42 Å². The van der Waals surface area contributed by atoms with Gasteiger partial charge in [-0.05, 0) is 18.4 Å². The number of rotatable bonds is 3. The molecule has 2 saturated heterocycles. The molecule has 2 heterocycles. The summed E-state index contributed by atoms with van der Waals surface area (Å²) >= 11 is 0. The van der Waals surface area contributed by atoms with Gasteiger partial charge < -0.3 is 10.4 Å². The Bertz CT molecular complexity index is 661. The highest BCUT2D eigenvalue weighted by Gasteiger charge is 2.39. The molecular weight excluding hydrogens is 316 g/mol. The summed E-state index contributed by atoms with van der Waals surface area (Å²) in [6.45, 7) is 1.03. The number of carbonyl (C=O) groups excluding carboxylic acids is 1. The summed E-state index contributed by atoms with van der Waals surface area (Å²) in [5.41, 5.74) is 0.0372. The fraction of sp³-hybridized carbons (Fsp3) is 0.562. The number of aliphatic hydroxyl groups is 1. The Hall–Kier alpha value is -1.44. The summed E-state index contributed by atoms with van der Waals surface area (Å²) < 4.78 is 23.2. The smallest absolute Gasteiger partial charge is 0.234 e. The standard InChI is InChI=1S/C16H22N2O4S/c19-15-11-18(12-16(20)6-8-23(21,22)9-7-16)14(10-17-15)13-4-2-1-3-5-13/h1-5,14,20H,6-12H2,(H,17,19). The molecule has 126 valence electrons. The zero-order valence-corrected chi connectivity index (χ0v) is 13.8. The van der Waals surface area contributed by atoms with Gasteiger partial charge in [-0.3, -0.25) is 9.69 Å². The monoisotopic (exact) mass is 338 g/mol. The van der Waals surface area contributed by atoms with E-state index in [1.54, 1.807) is 0 Å². The number of hydrogen-bond acceptors (Lipinski definition) is 5. The zero-order chi connectivity index (χ0) is 16.5. The topological polar surface area (TPSA) is 86.7 Å². The number of amides is 1. The first kappa shape index (κ1) is 16.4. The largest absolute Gasteiger partial charge is 0.388 e. The second-order valence-corrected chi connectivity index (χ2v) is 8.82. The van der Waals surface area contributed by atoms with Gasteiger partial charge in [0.1, 0.15) is 0 Å². The van der Waals surface area contributed by atoms with E-state index in [-0.39, 0.29) is 42.8 Å². The van der Waals surface area contributed by atoms with Gasteiger partial charge in [-0.1, -0.05) is 30.3 Å². The average molecular weight is 338 g/mol. The van der Waals surface area contributed by atoms with Crippen LogP contribution in [0, 0.1) is 0 Å². The third-order valence-electron chi connectivity index (χ3n) is 4.72. The van der Waals surface area contributed by atoms with E-state index >= 15 is 0 Å². The minimum atomic E-state index is -3.03. The van der Waals surface area contributed by atoms with Gasteiger partial charge in [0.15, 0.2) is 9.84 Å². The van der Waals surface area contributed by atoms with Crippen LogP contribution in [0.4, 0.5) is 0 Å². The maximum absolute atomic E-state index is 11.8. The molecule has 0 bridgehead atoms. The quantitative estimate of drug-likeness (QED) is 0.816. The first-order valence-corrected chi connectivity index (χ1v) is 9.68. The van der Waals surface area contributed by atoms with Crippen LogP contribution < -0.4 is 5.32 Å². The van der Waals surface area contributed by atoms with Crippen molar-refractivity contribution in [2.24, 2.45) is 0 Å². The third kappa shape index (κ3) is 3.91. The van der Waals surface area contributed by atoms with Crippen LogP contribution in [0.2, 0.25) is 0 Å². The lowest BCUT2D eigenvalue weighted by Crippen LogP contribution is -2.56. The number of benzene rings is 1. The number of piperazine rings is 1. The molecule has 2 aliphatic rings. The van der Waals surface area contributed by atoms with Gasteiger partial charge in [-0.15, -0.1) is 0 Å². The van der Waals surface area contributed by atoms with E-state index in [2.05, 4.69) is 5.32 Å². The molecule has 0 spiro atoms. The Morgan fingerprint density at radius 2 is 1.87 bits per heavy atom. The van der Waals surface area contributed by atoms with E-state index in [0.29, 0.717) is 13.1 Å². The highest BCUT2D eigenvalue weighted by Crippen LogP contribution is 2.29. The molecule has 0 aliphatic carbocycles. The molecule has 23 heavy (non-hydrogen) atoms. The predicted molar refractivity (Wildman–Crippen MR) is 86.6 cm³/mol. The van der Waals surface area contributed by atoms with Crippen LogP contribution in [-0.4, -0.2) is 61.1 Å². The van der Waals surface area contributed by atoms with E-state index in [0.717, 1.165) is 5.56 Å². The summed E-state index contributed by atoms with van der Waals surface area (Å²) in [6, 6.07) is 9.85. The number of nitrogens with zero attached hydrogens (tertiary/aromatic N) is 1. The van der Waals surface area contributed by atoms with E-state index < -0.39 is 15.4 Å². The SMILES string of the molecule is O=C1CN(CC2(O)CCS(=O)(=O)CC2)C(c2ccccc2)CN1. The minimum absolute atomic E-state index is 0.00328. The van der Waals surface area contributed by atoms with Crippen molar-refractivity contribution >= 4 is 15.7 Å². The Morgan fingerprint density at radius 1 is 1.22 bits per heavy atom. The molecule has 7 heteroatoms. The highest BCUT2D eigenvalue weighted by molar-refractivity contribution is 7.91. The minimum Gasteiger partial charge on any atom is -0.388 e. The molecule has 0 aromatic heterocycles. The number of nitrogens with one attached hydrogen (secondary N) is 1. The van der Waals surface area contributed by atoms with E-state index in [1.165, 1.54) is 0 Å². The molecule has 1 aromatic rings. The van der Waals surface area contributed by atoms with Crippen LogP contribution in [-0.2, 0) is 14.6 Å². The highest BCUT2D eigenvalue weighted by atomic mass is 32.2. The third-order valence-corrected chi connectivity index (χ3v) is 6.37. The van der Waals surface area contributed by atoms with Crippen LogP contribution in [0.5, 0.6) is 0 Å². The Kier molecular flexibility index (Phi) is 4.44. The van der Waals surface area contributed by atoms with E-state index in [1.807, 2.05) is 35.2 Å². The maximum atomic E-state index is 11.8. The summed E-state index contributed by atoms with van der Waals surface area (Å²) in [4.78, 5) is 13.7. The van der Waals surface area contributed by atoms with Crippen LogP contribution in [0.25, 0.3) is 0 Å². The summed E-state index contributed by atoms with van der Waals surface area (Å²) in [7, 11) is -3.03. The maximum Gasteiger partial charge on any atom is 0.234 e. The number of hydrogen-bond donors (Lipinski definition) is 2. The van der Waals surface area contributed by atoms with Gasteiger partial charge in [0.25, 0.3) is 0 Å². The summed E-state index contributed by atoms with van der Waals surface area (Å²) in [5.74, 6) is -0.0387. The van der Waals surface area contributed by atoms with Gasteiger partial charge in [0, 0.05) is 13.1 Å². The van der Waals surface area contributed by atoms with Crippen molar-refractivity contribution in [1.29, 1.82) is 0 Å². The second-order valence-electron chi connectivity index (χ2n) is 6.51. The fourth-order valence-electron chi connectivity index (χ4n) is 3.31. The lowest BCUT2D eigenvalue weighted by molar-refractivity contribution is -0.127. The lowest BCUT2D eigenvalue weighted by Gasteiger charge is -2.42. The molecule has 0 radical (unpaired) electrons. The van der Waals surface area contributed by atoms with Crippen LogP contribution in [0.15, 0.2) is 30.3 Å². The van der Waals surface area contributed by atoms with Gasteiger partial charge in [0.05, 0.1) is 29.7 Å². The second kappa shape index (κ2) is 6.22. The molecule has 3 rings (SSSR count). The molecule has 1 atom stereocenters. The van der Waals surface area contributed by atoms with Crippen molar-refractivity contribution in [2.75, 3.05) is 31.1 Å². The van der Waals surface area contributed by atoms with Gasteiger partial charge in [0.2, 0.25) is 5.91 Å². The van der Waals surface area contributed by atoms with Crippen molar-refractivity contribution in [1.82, 2.24) is 10.2 Å². The van der Waals surface area contributed by atoms with Crippen molar-refractivity contribution in [3.63, 3.8) is 0 Å². The molecule has 1 amide bonds. The number of carbonyl (C=O) groups is 1. The van der Waals surface area contributed by atoms with E-state index in [9.17, 15) is 18.3 Å². The summed E-state index contributed by atoms with van der Waals surface area (Å²) in [6.07, 6.45) is 0.462. The normalized spacial score (nSPS) is 27.3. The average Bonchev–Trinajstić information content (AvgIpc) is 2.52.